The summed E-state index contributed by atoms with van der Waals surface area (Å²) in [6.45, 7) is 6.01. The van der Waals surface area contributed by atoms with Crippen LogP contribution in [0.2, 0.25) is 0 Å². The largest absolute Gasteiger partial charge is 0.444 e. The van der Waals surface area contributed by atoms with Crippen LogP contribution in [0.4, 0.5) is 4.79 Å². The van der Waals surface area contributed by atoms with Gasteiger partial charge in [0.2, 0.25) is 0 Å². The van der Waals surface area contributed by atoms with E-state index < -0.39 is 11.7 Å². The molecule has 0 aromatic carbocycles. The van der Waals surface area contributed by atoms with Crippen LogP contribution in [-0.2, 0) is 4.74 Å². The summed E-state index contributed by atoms with van der Waals surface area (Å²) in [5.41, 5.74) is -0.463. The Kier molecular flexibility index (Phi) is 5.41. The van der Waals surface area contributed by atoms with Crippen LogP contribution in [0.1, 0.15) is 20.8 Å². The molecule has 0 radical (unpaired) electrons. The molecule has 0 spiro atoms. The van der Waals surface area contributed by atoms with E-state index in [2.05, 4.69) is 14.9 Å². The van der Waals surface area contributed by atoms with Gasteiger partial charge in [-0.1, -0.05) is 12.2 Å². The number of aromatic nitrogens is 2. The second kappa shape index (κ2) is 6.36. The molecule has 1 amide bonds. The maximum Gasteiger partial charge on any atom is 0.407 e. The monoisotopic (exact) mass is 293 g/mol. The van der Waals surface area contributed by atoms with Crippen LogP contribution in [0.25, 0.3) is 0 Å². The van der Waals surface area contributed by atoms with Gasteiger partial charge in [-0.25, -0.2) is 9.28 Å². The number of ether oxygens (including phenoxy) is 1. The molecule has 96 valence electrons. The molecule has 0 aliphatic carbocycles. The molecule has 8 heteroatoms. The van der Waals surface area contributed by atoms with E-state index in [1.54, 1.807) is 0 Å². The number of aromatic amines is 1. The minimum atomic E-state index is -0.463. The van der Waals surface area contributed by atoms with Crippen molar-refractivity contribution in [2.45, 2.75) is 31.4 Å². The van der Waals surface area contributed by atoms with Gasteiger partial charge in [0.05, 0.1) is 0 Å². The molecule has 1 rings (SSSR count). The molecule has 0 aliphatic heterocycles. The van der Waals surface area contributed by atoms with Crippen molar-refractivity contribution in [3.05, 3.63) is 3.82 Å². The fourth-order valence-electron chi connectivity index (χ4n) is 0.901. The Labute approximate surface area is 113 Å². The number of amides is 1. The molecule has 0 bridgehead atoms. The Hall–Kier alpha value is -0.600. The number of alkyl carbamates (subject to hydrolysis) is 1. The van der Waals surface area contributed by atoms with E-state index in [1.165, 1.54) is 23.3 Å². The van der Waals surface area contributed by atoms with Crippen LogP contribution >= 0.6 is 35.5 Å². The first kappa shape index (κ1) is 14.5. The first-order valence-corrected chi connectivity index (χ1v) is 7.23. The number of hydrogen-bond acceptors (Lipinski definition) is 6. The summed E-state index contributed by atoms with van der Waals surface area (Å²) in [5, 5.41) is 7.47. The number of rotatable bonds is 4. The topological polar surface area (TPSA) is 67.0 Å². The van der Waals surface area contributed by atoms with E-state index >= 15 is 0 Å². The standard InChI is InChI=1S/C9H15N3O2S3/c1-9(2,3)14-8(13)10-4-5-16-6-7(15)17-12-11-6/h12H,4-5H2,1-3H3,(H,10,13). The van der Waals surface area contributed by atoms with E-state index in [9.17, 15) is 4.79 Å². The van der Waals surface area contributed by atoms with Crippen molar-refractivity contribution in [3.63, 3.8) is 0 Å². The quantitative estimate of drug-likeness (QED) is 0.507. The summed E-state index contributed by atoms with van der Waals surface area (Å²) in [4.78, 5) is 11.3. The lowest BCUT2D eigenvalue weighted by molar-refractivity contribution is 0.0531. The molecule has 0 unspecified atom stereocenters. The van der Waals surface area contributed by atoms with Gasteiger partial charge in [-0.15, -0.1) is 11.8 Å². The van der Waals surface area contributed by atoms with Crippen molar-refractivity contribution < 1.29 is 9.53 Å². The molecule has 1 aromatic rings. The number of carbonyl (C=O) groups excluding carboxylic acids is 1. The zero-order chi connectivity index (χ0) is 12.9. The van der Waals surface area contributed by atoms with Gasteiger partial charge in [0.1, 0.15) is 14.5 Å². The molecule has 0 saturated carbocycles. The Morgan fingerprint density at radius 2 is 2.35 bits per heavy atom. The van der Waals surface area contributed by atoms with Crippen molar-refractivity contribution in [2.24, 2.45) is 0 Å². The van der Waals surface area contributed by atoms with Gasteiger partial charge in [0, 0.05) is 12.3 Å². The van der Waals surface area contributed by atoms with Crippen LogP contribution in [0.3, 0.4) is 0 Å². The number of carbonyl (C=O) groups is 1. The van der Waals surface area contributed by atoms with E-state index in [4.69, 9.17) is 17.0 Å². The molecule has 0 saturated heterocycles. The molecule has 2 N–H and O–H groups in total. The average Bonchev–Trinajstić information content (AvgIpc) is 2.56. The Morgan fingerprint density at radius 3 is 2.88 bits per heavy atom. The van der Waals surface area contributed by atoms with Gasteiger partial charge >= 0.3 is 6.09 Å². The summed E-state index contributed by atoms with van der Waals surface area (Å²) in [6, 6.07) is 0. The van der Waals surface area contributed by atoms with Crippen LogP contribution in [-0.4, -0.2) is 33.6 Å². The highest BCUT2D eigenvalue weighted by Crippen LogP contribution is 2.17. The van der Waals surface area contributed by atoms with Gasteiger partial charge < -0.3 is 10.1 Å². The minimum Gasteiger partial charge on any atom is -0.444 e. The summed E-state index contributed by atoms with van der Waals surface area (Å²) >= 11 is 7.88. The zero-order valence-electron chi connectivity index (χ0n) is 9.90. The molecule has 0 fully saturated rings. The van der Waals surface area contributed by atoms with Crippen LogP contribution < -0.4 is 5.32 Å². The molecular formula is C9H15N3O2S3. The second-order valence-electron chi connectivity index (χ2n) is 4.17. The lowest BCUT2D eigenvalue weighted by atomic mass is 10.2. The van der Waals surface area contributed by atoms with Crippen molar-refractivity contribution in [1.29, 1.82) is 0 Å². The van der Waals surface area contributed by atoms with E-state index in [1.807, 2.05) is 20.8 Å². The van der Waals surface area contributed by atoms with Gasteiger partial charge in [-0.05, 0) is 32.3 Å². The lowest BCUT2D eigenvalue weighted by Gasteiger charge is -2.19. The van der Waals surface area contributed by atoms with Crippen LogP contribution in [0.15, 0.2) is 5.03 Å². The van der Waals surface area contributed by atoms with Crippen LogP contribution in [0.5, 0.6) is 0 Å². The van der Waals surface area contributed by atoms with E-state index in [-0.39, 0.29) is 0 Å². The fourth-order valence-corrected chi connectivity index (χ4v) is 2.57. The van der Waals surface area contributed by atoms with Crippen molar-refractivity contribution in [3.8, 4) is 0 Å². The SMILES string of the molecule is CC(C)(C)OC(=O)NCCSc1n[nH]sc1=S. The van der Waals surface area contributed by atoms with Gasteiger partial charge in [0.25, 0.3) is 0 Å². The van der Waals surface area contributed by atoms with Gasteiger partial charge in [-0.2, -0.15) is 5.10 Å². The highest BCUT2D eigenvalue weighted by atomic mass is 32.2. The zero-order valence-corrected chi connectivity index (χ0v) is 12.4. The Morgan fingerprint density at radius 1 is 1.65 bits per heavy atom. The first-order valence-electron chi connectivity index (χ1n) is 5.02. The first-order chi connectivity index (χ1) is 7.88. The second-order valence-corrected chi connectivity index (χ2v) is 6.72. The Balaban J connectivity index is 2.19. The highest BCUT2D eigenvalue weighted by molar-refractivity contribution is 7.99. The molecule has 1 aromatic heterocycles. The Bertz CT molecular complexity index is 422. The predicted octanol–water partition coefficient (Wildman–Crippen LogP) is 2.82. The summed E-state index contributed by atoms with van der Waals surface area (Å²) in [5.74, 6) is 0.709. The van der Waals surface area contributed by atoms with Gasteiger partial charge in [0.15, 0.2) is 0 Å². The predicted molar refractivity (Wildman–Crippen MR) is 72.3 cm³/mol. The molecule has 17 heavy (non-hydrogen) atoms. The summed E-state index contributed by atoms with van der Waals surface area (Å²) < 4.78 is 8.58. The maximum atomic E-state index is 11.3. The highest BCUT2D eigenvalue weighted by Gasteiger charge is 2.15. The molecular weight excluding hydrogens is 278 g/mol. The molecule has 1 heterocycles. The molecule has 5 nitrogen and oxygen atoms in total. The number of thioether (sulfide) groups is 1. The number of H-pyrrole nitrogens is 1. The number of nitrogens with zero attached hydrogens (tertiary/aromatic N) is 1. The molecule has 0 atom stereocenters. The summed E-state index contributed by atoms with van der Waals surface area (Å²) in [7, 11) is 0. The lowest BCUT2D eigenvalue weighted by Crippen LogP contribution is -2.33. The smallest absolute Gasteiger partial charge is 0.407 e. The third-order valence-electron chi connectivity index (χ3n) is 1.47. The van der Waals surface area contributed by atoms with Crippen LogP contribution in [0, 0.1) is 3.82 Å². The van der Waals surface area contributed by atoms with Crippen molar-refractivity contribution in [2.75, 3.05) is 12.3 Å². The maximum absolute atomic E-state index is 11.3. The summed E-state index contributed by atoms with van der Waals surface area (Å²) in [6.07, 6.45) is -0.401. The van der Waals surface area contributed by atoms with E-state index in [0.717, 1.165) is 8.85 Å². The minimum absolute atomic E-state index is 0.401. The fraction of sp³-hybridized carbons (Fsp3) is 0.667. The number of hydrogen-bond donors (Lipinski definition) is 2. The number of nitrogens with one attached hydrogen (secondary N) is 2. The van der Waals surface area contributed by atoms with Gasteiger partial charge in [-0.3, -0.25) is 0 Å². The van der Waals surface area contributed by atoms with E-state index in [0.29, 0.717) is 12.3 Å². The third-order valence-corrected chi connectivity index (χ3v) is 3.71. The average molecular weight is 293 g/mol. The van der Waals surface area contributed by atoms with Crippen molar-refractivity contribution >= 4 is 41.6 Å². The molecule has 0 aliphatic rings. The third kappa shape index (κ3) is 6.04. The normalized spacial score (nSPS) is 11.2. The van der Waals surface area contributed by atoms with Crippen molar-refractivity contribution in [1.82, 2.24) is 14.9 Å².